The minimum atomic E-state index is -4.60. The molecule has 0 aromatic heterocycles. The second-order valence-corrected chi connectivity index (χ2v) is 8.34. The van der Waals surface area contributed by atoms with Gasteiger partial charge in [-0.15, -0.1) is 0 Å². The Hall–Kier alpha value is -2.13. The number of benzene rings is 1. The third-order valence-corrected chi connectivity index (χ3v) is 6.94. The molecule has 6 nitrogen and oxygen atoms in total. The standard InChI is InChI=1S/C19H21F3N2O4/c20-19(21,22)10-1-2-13-11(7-10)12(25)8-18(28-13,15(23)27)16-3-5-17(24,6-4-16)14(26)9-16/h1-2,7,14,26H,3-6,8-9,24H2,(H2,23,27)/t14-,16?,17?,18?/m0/s1. The molecule has 5 rings (SSSR count). The zero-order valence-electron chi connectivity index (χ0n) is 15.0. The molecule has 5 N–H and O–H groups in total. The number of carbonyl (C=O) groups excluding carboxylic acids is 2. The van der Waals surface area contributed by atoms with Gasteiger partial charge < -0.3 is 21.3 Å². The van der Waals surface area contributed by atoms with E-state index in [1.54, 1.807) is 0 Å². The number of hydrogen-bond acceptors (Lipinski definition) is 5. The summed E-state index contributed by atoms with van der Waals surface area (Å²) in [5, 5.41) is 10.5. The number of fused-ring (bicyclic) bond motifs is 4. The number of Topliss-reactive ketones (excluding diaryl/α,β-unsaturated/α-hetero) is 1. The average Bonchev–Trinajstić information content (AvgIpc) is 2.61. The van der Waals surface area contributed by atoms with Crippen LogP contribution in [0.5, 0.6) is 5.75 Å². The second kappa shape index (κ2) is 5.70. The average molecular weight is 398 g/mol. The van der Waals surface area contributed by atoms with Crippen molar-refractivity contribution in [3.63, 3.8) is 0 Å². The van der Waals surface area contributed by atoms with Gasteiger partial charge in [0.15, 0.2) is 11.4 Å². The Labute approximate surface area is 159 Å². The molecule has 1 amide bonds. The Kier molecular flexibility index (Phi) is 3.91. The number of aliphatic hydroxyl groups is 1. The maximum absolute atomic E-state index is 13.0. The van der Waals surface area contributed by atoms with Crippen molar-refractivity contribution in [2.75, 3.05) is 0 Å². The molecule has 1 heterocycles. The lowest BCUT2D eigenvalue weighted by Crippen LogP contribution is -2.71. The van der Waals surface area contributed by atoms with Crippen molar-refractivity contribution in [3.8, 4) is 5.75 Å². The molecular weight excluding hydrogens is 377 g/mol. The molecule has 0 radical (unpaired) electrons. The van der Waals surface area contributed by atoms with Crippen LogP contribution in [0.4, 0.5) is 13.2 Å². The molecule has 2 bridgehead atoms. The van der Waals surface area contributed by atoms with E-state index in [2.05, 4.69) is 0 Å². The number of halogens is 3. The number of carbonyl (C=O) groups is 2. The van der Waals surface area contributed by atoms with Gasteiger partial charge in [0.05, 0.1) is 23.7 Å². The Morgan fingerprint density at radius 2 is 1.86 bits per heavy atom. The zero-order chi connectivity index (χ0) is 20.5. The molecule has 2 atom stereocenters. The molecule has 1 unspecified atom stereocenters. The Morgan fingerprint density at radius 3 is 2.39 bits per heavy atom. The molecule has 3 aliphatic carbocycles. The van der Waals surface area contributed by atoms with E-state index in [0.717, 1.165) is 18.2 Å². The van der Waals surface area contributed by atoms with E-state index in [-0.39, 0.29) is 17.7 Å². The highest BCUT2D eigenvalue weighted by atomic mass is 19.4. The van der Waals surface area contributed by atoms with E-state index in [9.17, 15) is 27.9 Å². The summed E-state index contributed by atoms with van der Waals surface area (Å²) in [6.45, 7) is 0. The Bertz CT molecular complexity index is 861. The van der Waals surface area contributed by atoms with Crippen molar-refractivity contribution < 1.29 is 32.6 Å². The lowest BCUT2D eigenvalue weighted by molar-refractivity contribution is -0.177. The summed E-state index contributed by atoms with van der Waals surface area (Å²) in [7, 11) is 0. The third kappa shape index (κ3) is 2.49. The third-order valence-electron chi connectivity index (χ3n) is 6.94. The predicted octanol–water partition coefficient (Wildman–Crippen LogP) is 1.92. The summed E-state index contributed by atoms with van der Waals surface area (Å²) in [5.74, 6) is -1.59. The van der Waals surface area contributed by atoms with Gasteiger partial charge in [0.25, 0.3) is 5.91 Å². The highest BCUT2D eigenvalue weighted by Gasteiger charge is 2.66. The summed E-state index contributed by atoms with van der Waals surface area (Å²) >= 11 is 0. The van der Waals surface area contributed by atoms with Gasteiger partial charge in [0.1, 0.15) is 5.75 Å². The summed E-state index contributed by atoms with van der Waals surface area (Å²) < 4.78 is 44.9. The molecule has 0 spiro atoms. The van der Waals surface area contributed by atoms with Crippen molar-refractivity contribution >= 4 is 11.7 Å². The molecule has 4 aliphatic rings. The van der Waals surface area contributed by atoms with E-state index in [1.165, 1.54) is 0 Å². The number of ketones is 1. The van der Waals surface area contributed by atoms with Gasteiger partial charge >= 0.3 is 6.18 Å². The second-order valence-electron chi connectivity index (χ2n) is 8.34. The molecule has 3 saturated carbocycles. The van der Waals surface area contributed by atoms with Gasteiger partial charge in [0.2, 0.25) is 0 Å². The van der Waals surface area contributed by atoms with Crippen LogP contribution >= 0.6 is 0 Å². The van der Waals surface area contributed by atoms with Crippen molar-refractivity contribution in [1.82, 2.24) is 0 Å². The molecule has 0 saturated heterocycles. The van der Waals surface area contributed by atoms with Crippen LogP contribution in [-0.4, -0.2) is 34.0 Å². The SMILES string of the molecule is NC(=O)C1(C23CCC(N)(CC2)[C@@H](O)C3)CC(=O)c2cc(C(F)(F)F)ccc2O1. The summed E-state index contributed by atoms with van der Waals surface area (Å²) in [5.41, 5.74) is 7.39. The zero-order valence-corrected chi connectivity index (χ0v) is 15.0. The van der Waals surface area contributed by atoms with Crippen LogP contribution in [0.3, 0.4) is 0 Å². The van der Waals surface area contributed by atoms with Gasteiger partial charge in [-0.3, -0.25) is 9.59 Å². The molecule has 152 valence electrons. The highest BCUT2D eigenvalue weighted by Crippen LogP contribution is 2.60. The smallest absolute Gasteiger partial charge is 0.416 e. The van der Waals surface area contributed by atoms with E-state index >= 15 is 0 Å². The molecular formula is C19H21F3N2O4. The predicted molar refractivity (Wildman–Crippen MR) is 91.4 cm³/mol. The number of nitrogens with two attached hydrogens (primary N) is 2. The van der Waals surface area contributed by atoms with Crippen molar-refractivity contribution in [2.24, 2.45) is 16.9 Å². The lowest BCUT2D eigenvalue weighted by Gasteiger charge is -2.60. The normalized spacial score (nSPS) is 37.3. The van der Waals surface area contributed by atoms with Crippen molar-refractivity contribution in [2.45, 2.75) is 61.9 Å². The van der Waals surface area contributed by atoms with Crippen molar-refractivity contribution in [1.29, 1.82) is 0 Å². The summed E-state index contributed by atoms with van der Waals surface area (Å²) in [6.07, 6.45) is -4.02. The van der Waals surface area contributed by atoms with Crippen molar-refractivity contribution in [3.05, 3.63) is 29.3 Å². The van der Waals surface area contributed by atoms with Gasteiger partial charge in [-0.2, -0.15) is 13.2 Å². The Balaban J connectivity index is 1.78. The molecule has 1 aliphatic heterocycles. The van der Waals surface area contributed by atoms with Crippen LogP contribution < -0.4 is 16.2 Å². The number of amides is 1. The first-order valence-electron chi connectivity index (χ1n) is 9.13. The first-order chi connectivity index (χ1) is 12.9. The molecule has 3 fully saturated rings. The maximum Gasteiger partial charge on any atom is 0.416 e. The number of rotatable bonds is 2. The topological polar surface area (TPSA) is 116 Å². The van der Waals surface area contributed by atoms with Gasteiger partial charge in [-0.1, -0.05) is 0 Å². The number of hydrogen-bond donors (Lipinski definition) is 3. The minimum Gasteiger partial charge on any atom is -0.476 e. The molecule has 1 aromatic rings. The van der Waals surface area contributed by atoms with E-state index in [4.69, 9.17) is 16.2 Å². The van der Waals surface area contributed by atoms with Gasteiger partial charge in [-0.25, -0.2) is 0 Å². The maximum atomic E-state index is 13.0. The van der Waals surface area contributed by atoms with Gasteiger partial charge in [-0.05, 0) is 50.3 Å². The first-order valence-corrected chi connectivity index (χ1v) is 9.13. The minimum absolute atomic E-state index is 0.0953. The van der Waals surface area contributed by atoms with Crippen LogP contribution in [0.1, 0.15) is 54.4 Å². The quantitative estimate of drug-likeness (QED) is 0.704. The fraction of sp³-hybridized carbons (Fsp3) is 0.579. The fourth-order valence-electron chi connectivity index (χ4n) is 5.13. The number of aliphatic hydroxyl groups excluding tert-OH is 1. The van der Waals surface area contributed by atoms with Crippen LogP contribution in [0.25, 0.3) is 0 Å². The Morgan fingerprint density at radius 1 is 1.21 bits per heavy atom. The molecule has 28 heavy (non-hydrogen) atoms. The van der Waals surface area contributed by atoms with E-state index < -0.39 is 52.5 Å². The van der Waals surface area contributed by atoms with E-state index in [1.807, 2.05) is 0 Å². The molecule has 1 aromatic carbocycles. The number of primary amides is 1. The van der Waals surface area contributed by atoms with Crippen LogP contribution in [0.15, 0.2) is 18.2 Å². The largest absolute Gasteiger partial charge is 0.476 e. The van der Waals surface area contributed by atoms with Crippen LogP contribution in [0, 0.1) is 5.41 Å². The first kappa shape index (κ1) is 19.2. The van der Waals surface area contributed by atoms with Crippen LogP contribution in [-0.2, 0) is 11.0 Å². The highest BCUT2D eigenvalue weighted by molar-refractivity contribution is 6.05. The summed E-state index contributed by atoms with van der Waals surface area (Å²) in [4.78, 5) is 25.4. The fourth-order valence-corrected chi connectivity index (χ4v) is 5.13. The number of ether oxygens (including phenoxy) is 1. The molecule has 9 heteroatoms. The summed E-state index contributed by atoms with van der Waals surface area (Å²) in [6, 6.07) is 2.60. The number of alkyl halides is 3. The van der Waals surface area contributed by atoms with Crippen LogP contribution in [0.2, 0.25) is 0 Å². The lowest BCUT2D eigenvalue weighted by atomic mass is 9.49. The van der Waals surface area contributed by atoms with E-state index in [0.29, 0.717) is 25.7 Å². The monoisotopic (exact) mass is 398 g/mol. The van der Waals surface area contributed by atoms with Gasteiger partial charge in [0, 0.05) is 11.0 Å².